The molecule has 88 valence electrons. The van der Waals surface area contributed by atoms with E-state index in [0.717, 1.165) is 35.4 Å². The number of carbonyl (C=O) groups is 1. The van der Waals surface area contributed by atoms with Crippen LogP contribution in [0.2, 0.25) is 4.34 Å². The Kier molecular flexibility index (Phi) is 4.35. The molecule has 1 N–H and O–H groups in total. The van der Waals surface area contributed by atoms with Crippen LogP contribution in [0.4, 0.5) is 0 Å². The molecule has 2 rings (SSSR count). The second kappa shape index (κ2) is 5.77. The third-order valence-corrected chi connectivity index (χ3v) is 3.84. The van der Waals surface area contributed by atoms with Crippen LogP contribution in [0, 0.1) is 0 Å². The van der Waals surface area contributed by atoms with E-state index in [9.17, 15) is 4.79 Å². The zero-order valence-electron chi connectivity index (χ0n) is 9.04. The van der Waals surface area contributed by atoms with E-state index in [1.54, 1.807) is 0 Å². The maximum Gasteiger partial charge on any atom is 0.152 e. The van der Waals surface area contributed by atoms with Crippen molar-refractivity contribution in [3.63, 3.8) is 0 Å². The molecule has 0 bridgehead atoms. The summed E-state index contributed by atoms with van der Waals surface area (Å²) in [6.07, 6.45) is 0.515. The maximum atomic E-state index is 11.8. The van der Waals surface area contributed by atoms with Gasteiger partial charge in [0, 0.05) is 37.5 Å². The lowest BCUT2D eigenvalue weighted by Crippen LogP contribution is -2.45. The van der Waals surface area contributed by atoms with E-state index in [0.29, 0.717) is 13.0 Å². The fraction of sp³-hybridized carbons (Fsp3) is 0.545. The average Bonchev–Trinajstić information content (AvgIpc) is 2.65. The van der Waals surface area contributed by atoms with Crippen LogP contribution < -0.4 is 5.32 Å². The van der Waals surface area contributed by atoms with Crippen LogP contribution >= 0.6 is 22.9 Å². The Bertz CT molecular complexity index is 361. The molecule has 0 atom stereocenters. The fourth-order valence-corrected chi connectivity index (χ4v) is 2.93. The number of piperazine rings is 1. The minimum Gasteiger partial charge on any atom is -0.314 e. The minimum atomic E-state index is 0.278. The number of nitrogens with one attached hydrogen (secondary N) is 1. The highest BCUT2D eigenvalue weighted by Gasteiger charge is 2.14. The number of rotatable bonds is 4. The van der Waals surface area contributed by atoms with Crippen molar-refractivity contribution in [2.75, 3.05) is 32.7 Å². The second-order valence-corrected chi connectivity index (χ2v) is 5.75. The van der Waals surface area contributed by atoms with Crippen molar-refractivity contribution in [2.45, 2.75) is 6.42 Å². The summed E-state index contributed by atoms with van der Waals surface area (Å²) >= 11 is 7.32. The Labute approximate surface area is 104 Å². The number of nitrogens with zero attached hydrogens (tertiary/aromatic N) is 1. The summed E-state index contributed by atoms with van der Waals surface area (Å²) in [6.45, 7) is 4.47. The molecular formula is C11H15ClN2OS. The molecule has 1 aromatic rings. The summed E-state index contributed by atoms with van der Waals surface area (Å²) in [7, 11) is 0. The lowest BCUT2D eigenvalue weighted by Gasteiger charge is -2.26. The third kappa shape index (κ3) is 3.56. The Hall–Kier alpha value is -0.420. The SMILES string of the molecule is O=C(Cc1ccc(Cl)s1)CN1CCNCC1. The summed E-state index contributed by atoms with van der Waals surface area (Å²) in [5.74, 6) is 0.278. The molecule has 2 heterocycles. The van der Waals surface area contributed by atoms with Crippen LogP contribution in [0.15, 0.2) is 12.1 Å². The molecule has 1 fully saturated rings. The molecule has 1 aliphatic rings. The number of hydrogen-bond donors (Lipinski definition) is 1. The number of halogens is 1. The smallest absolute Gasteiger partial charge is 0.152 e. The standard InChI is InChI=1S/C11H15ClN2OS/c12-11-2-1-10(16-11)7-9(15)8-14-5-3-13-4-6-14/h1-2,13H,3-8H2. The fourth-order valence-electron chi connectivity index (χ4n) is 1.82. The molecule has 0 radical (unpaired) electrons. The Balaban J connectivity index is 1.79. The van der Waals surface area contributed by atoms with Gasteiger partial charge >= 0.3 is 0 Å². The van der Waals surface area contributed by atoms with Crippen molar-refractivity contribution in [1.82, 2.24) is 10.2 Å². The Morgan fingerprint density at radius 2 is 2.19 bits per heavy atom. The van der Waals surface area contributed by atoms with Crippen LogP contribution in [0.3, 0.4) is 0 Å². The molecule has 1 aromatic heterocycles. The van der Waals surface area contributed by atoms with Gasteiger partial charge in [-0.25, -0.2) is 0 Å². The molecule has 0 saturated carbocycles. The van der Waals surface area contributed by atoms with E-state index in [4.69, 9.17) is 11.6 Å². The highest BCUT2D eigenvalue weighted by atomic mass is 35.5. The van der Waals surface area contributed by atoms with Crippen LogP contribution in [0.5, 0.6) is 0 Å². The van der Waals surface area contributed by atoms with Crippen LogP contribution in [0.1, 0.15) is 4.88 Å². The largest absolute Gasteiger partial charge is 0.314 e. The molecule has 16 heavy (non-hydrogen) atoms. The first-order valence-corrected chi connectivity index (χ1v) is 6.62. The number of hydrogen-bond acceptors (Lipinski definition) is 4. The van der Waals surface area contributed by atoms with E-state index in [1.807, 2.05) is 12.1 Å². The van der Waals surface area contributed by atoms with Gasteiger partial charge in [0.15, 0.2) is 5.78 Å². The summed E-state index contributed by atoms with van der Waals surface area (Å²) in [5.41, 5.74) is 0. The van der Waals surface area contributed by atoms with E-state index in [1.165, 1.54) is 11.3 Å². The summed E-state index contributed by atoms with van der Waals surface area (Å²) in [5, 5.41) is 3.27. The predicted molar refractivity (Wildman–Crippen MR) is 67.3 cm³/mol. The quantitative estimate of drug-likeness (QED) is 0.887. The van der Waals surface area contributed by atoms with Gasteiger partial charge in [-0.2, -0.15) is 0 Å². The first kappa shape index (κ1) is 12.0. The molecule has 1 saturated heterocycles. The highest BCUT2D eigenvalue weighted by molar-refractivity contribution is 7.16. The predicted octanol–water partition coefficient (Wildman–Crippen LogP) is 1.42. The van der Waals surface area contributed by atoms with Gasteiger partial charge in [0.2, 0.25) is 0 Å². The van der Waals surface area contributed by atoms with Crippen molar-refractivity contribution < 1.29 is 4.79 Å². The van der Waals surface area contributed by atoms with Gasteiger partial charge in [0.25, 0.3) is 0 Å². The Morgan fingerprint density at radius 1 is 1.44 bits per heavy atom. The highest BCUT2D eigenvalue weighted by Crippen LogP contribution is 2.21. The van der Waals surface area contributed by atoms with E-state index >= 15 is 0 Å². The monoisotopic (exact) mass is 258 g/mol. The molecule has 3 nitrogen and oxygen atoms in total. The zero-order valence-corrected chi connectivity index (χ0v) is 10.6. The molecule has 0 aliphatic carbocycles. The van der Waals surface area contributed by atoms with Crippen LogP contribution in [-0.4, -0.2) is 43.4 Å². The molecule has 0 amide bonds. The van der Waals surface area contributed by atoms with Crippen molar-refractivity contribution in [3.8, 4) is 0 Å². The average molecular weight is 259 g/mol. The van der Waals surface area contributed by atoms with Crippen molar-refractivity contribution in [2.24, 2.45) is 0 Å². The molecular weight excluding hydrogens is 244 g/mol. The van der Waals surface area contributed by atoms with Gasteiger partial charge in [-0.15, -0.1) is 11.3 Å². The molecule has 0 aromatic carbocycles. The third-order valence-electron chi connectivity index (χ3n) is 2.61. The van der Waals surface area contributed by atoms with Gasteiger partial charge in [-0.1, -0.05) is 11.6 Å². The Morgan fingerprint density at radius 3 is 2.81 bits per heavy atom. The van der Waals surface area contributed by atoms with Crippen LogP contribution in [-0.2, 0) is 11.2 Å². The first-order valence-electron chi connectivity index (χ1n) is 5.43. The van der Waals surface area contributed by atoms with Crippen molar-refractivity contribution in [3.05, 3.63) is 21.3 Å². The van der Waals surface area contributed by atoms with Gasteiger partial charge in [0.05, 0.1) is 10.9 Å². The number of thiophene rings is 1. The number of ketones is 1. The summed E-state index contributed by atoms with van der Waals surface area (Å²) in [4.78, 5) is 15.1. The van der Waals surface area contributed by atoms with E-state index in [2.05, 4.69) is 10.2 Å². The maximum absolute atomic E-state index is 11.8. The number of carbonyl (C=O) groups excluding carboxylic acids is 1. The topological polar surface area (TPSA) is 32.3 Å². The van der Waals surface area contributed by atoms with Crippen LogP contribution in [0.25, 0.3) is 0 Å². The van der Waals surface area contributed by atoms with Gasteiger partial charge in [0.1, 0.15) is 0 Å². The van der Waals surface area contributed by atoms with Gasteiger partial charge < -0.3 is 5.32 Å². The van der Waals surface area contributed by atoms with E-state index in [-0.39, 0.29) is 5.78 Å². The first-order chi connectivity index (χ1) is 7.74. The lowest BCUT2D eigenvalue weighted by atomic mass is 10.2. The number of Topliss-reactive ketones (excluding diaryl/α,β-unsaturated/α-hetero) is 1. The second-order valence-electron chi connectivity index (χ2n) is 3.95. The van der Waals surface area contributed by atoms with E-state index < -0.39 is 0 Å². The van der Waals surface area contributed by atoms with Crippen molar-refractivity contribution in [1.29, 1.82) is 0 Å². The van der Waals surface area contributed by atoms with Gasteiger partial charge in [-0.05, 0) is 12.1 Å². The molecule has 1 aliphatic heterocycles. The van der Waals surface area contributed by atoms with Gasteiger partial charge in [-0.3, -0.25) is 9.69 Å². The summed E-state index contributed by atoms with van der Waals surface area (Å²) < 4.78 is 0.755. The lowest BCUT2D eigenvalue weighted by molar-refractivity contribution is -0.119. The minimum absolute atomic E-state index is 0.278. The molecule has 5 heteroatoms. The molecule has 0 unspecified atom stereocenters. The van der Waals surface area contributed by atoms with Crippen molar-refractivity contribution >= 4 is 28.7 Å². The zero-order chi connectivity index (χ0) is 11.4. The molecule has 0 spiro atoms. The summed E-state index contributed by atoms with van der Waals surface area (Å²) in [6, 6.07) is 3.78. The normalized spacial score (nSPS) is 17.6.